The number of ether oxygens (including phenoxy) is 3. The minimum Gasteiger partial charge on any atom is -0.455 e. The van der Waals surface area contributed by atoms with Crippen molar-refractivity contribution < 1.29 is 19.0 Å². The molecule has 1 fully saturated rings. The largest absolute Gasteiger partial charge is 0.455 e. The Bertz CT molecular complexity index is 449. The van der Waals surface area contributed by atoms with Crippen molar-refractivity contribution >= 4 is 5.97 Å². The first-order chi connectivity index (χ1) is 9.65. The molecule has 1 aliphatic heterocycles. The summed E-state index contributed by atoms with van der Waals surface area (Å²) in [7, 11) is 0. The fraction of sp³-hybridized carbons (Fsp3) is 0.438. The van der Waals surface area contributed by atoms with Crippen LogP contribution in [0.25, 0.3) is 0 Å². The lowest BCUT2D eigenvalue weighted by Crippen LogP contribution is -2.23. The summed E-state index contributed by atoms with van der Waals surface area (Å²) in [6.07, 6.45) is 1.99. The maximum absolute atomic E-state index is 11.9. The van der Waals surface area contributed by atoms with Gasteiger partial charge < -0.3 is 14.2 Å². The molecule has 2 unspecified atom stereocenters. The van der Waals surface area contributed by atoms with Crippen LogP contribution in [0.15, 0.2) is 42.5 Å². The van der Waals surface area contributed by atoms with Crippen LogP contribution in [0.2, 0.25) is 0 Å². The van der Waals surface area contributed by atoms with Crippen LogP contribution in [0.4, 0.5) is 0 Å². The van der Waals surface area contributed by atoms with E-state index in [9.17, 15) is 4.79 Å². The van der Waals surface area contributed by atoms with Crippen LogP contribution in [0.5, 0.6) is 5.75 Å². The maximum atomic E-state index is 11.9. The highest BCUT2D eigenvalue weighted by atomic mass is 16.7. The molecule has 108 valence electrons. The number of esters is 1. The van der Waals surface area contributed by atoms with E-state index in [2.05, 4.69) is 6.58 Å². The fourth-order valence-corrected chi connectivity index (χ4v) is 2.11. The van der Waals surface area contributed by atoms with E-state index in [0.29, 0.717) is 17.7 Å². The Morgan fingerprint density at radius 1 is 1.45 bits per heavy atom. The van der Waals surface area contributed by atoms with Crippen LogP contribution in [0.3, 0.4) is 0 Å². The molecule has 2 rings (SSSR count). The average Bonchev–Trinajstić information content (AvgIpc) is 2.92. The number of carbonyl (C=O) groups excluding carboxylic acids is 1. The molecule has 0 aliphatic carbocycles. The van der Waals surface area contributed by atoms with Gasteiger partial charge in [0, 0.05) is 25.5 Å². The van der Waals surface area contributed by atoms with Crippen molar-refractivity contribution in [3.8, 4) is 5.75 Å². The molecule has 1 saturated heterocycles. The van der Waals surface area contributed by atoms with Crippen LogP contribution >= 0.6 is 0 Å². The standard InChI is InChI=1S/C16H20O4/c1-12(11-15-9-6-10-18-15)16(17)20-13(2)19-14-7-4-3-5-8-14/h3-5,7-8,13,15H,1,6,9-11H2,2H3. The van der Waals surface area contributed by atoms with Crippen molar-refractivity contribution in [3.05, 3.63) is 42.5 Å². The number of benzene rings is 1. The Kier molecular flexibility index (Phi) is 5.18. The van der Waals surface area contributed by atoms with Crippen molar-refractivity contribution in [1.82, 2.24) is 0 Å². The van der Waals surface area contributed by atoms with Crippen LogP contribution in [-0.4, -0.2) is 25.0 Å². The molecule has 2 atom stereocenters. The summed E-state index contributed by atoms with van der Waals surface area (Å²) in [4.78, 5) is 11.9. The summed E-state index contributed by atoms with van der Waals surface area (Å²) in [5, 5.41) is 0. The van der Waals surface area contributed by atoms with Crippen LogP contribution in [0, 0.1) is 0 Å². The van der Waals surface area contributed by atoms with Gasteiger partial charge in [0.05, 0.1) is 6.10 Å². The van der Waals surface area contributed by atoms with Crippen molar-refractivity contribution in [3.63, 3.8) is 0 Å². The van der Waals surface area contributed by atoms with Gasteiger partial charge in [0.2, 0.25) is 6.29 Å². The van der Waals surface area contributed by atoms with Gasteiger partial charge in [-0.3, -0.25) is 0 Å². The number of para-hydroxylation sites is 1. The highest BCUT2D eigenvalue weighted by molar-refractivity contribution is 5.87. The molecule has 20 heavy (non-hydrogen) atoms. The van der Waals surface area contributed by atoms with Gasteiger partial charge in [-0.25, -0.2) is 4.79 Å². The van der Waals surface area contributed by atoms with Crippen molar-refractivity contribution in [2.75, 3.05) is 6.61 Å². The zero-order valence-corrected chi connectivity index (χ0v) is 11.7. The predicted molar refractivity (Wildman–Crippen MR) is 75.4 cm³/mol. The van der Waals surface area contributed by atoms with Gasteiger partial charge >= 0.3 is 5.97 Å². The maximum Gasteiger partial charge on any atom is 0.336 e. The minimum absolute atomic E-state index is 0.0976. The second kappa shape index (κ2) is 7.10. The lowest BCUT2D eigenvalue weighted by molar-refractivity contribution is -0.156. The van der Waals surface area contributed by atoms with E-state index < -0.39 is 12.3 Å². The summed E-state index contributed by atoms with van der Waals surface area (Å²) in [5.41, 5.74) is 0.431. The molecule has 1 heterocycles. The smallest absolute Gasteiger partial charge is 0.336 e. The molecule has 0 aromatic heterocycles. The summed E-state index contributed by atoms with van der Waals surface area (Å²) in [5.74, 6) is 0.237. The monoisotopic (exact) mass is 276 g/mol. The molecular weight excluding hydrogens is 256 g/mol. The Balaban J connectivity index is 1.76. The van der Waals surface area contributed by atoms with E-state index in [1.54, 1.807) is 6.92 Å². The van der Waals surface area contributed by atoms with E-state index in [4.69, 9.17) is 14.2 Å². The van der Waals surface area contributed by atoms with Gasteiger partial charge in [-0.1, -0.05) is 24.8 Å². The number of carbonyl (C=O) groups is 1. The third-order valence-corrected chi connectivity index (χ3v) is 3.10. The molecule has 4 heteroatoms. The molecule has 4 nitrogen and oxygen atoms in total. The van der Waals surface area contributed by atoms with Crippen molar-refractivity contribution in [2.24, 2.45) is 0 Å². The first-order valence-electron chi connectivity index (χ1n) is 6.87. The Labute approximate surface area is 119 Å². The van der Waals surface area contributed by atoms with Gasteiger partial charge in [-0.2, -0.15) is 0 Å². The van der Waals surface area contributed by atoms with E-state index in [1.807, 2.05) is 30.3 Å². The number of rotatable bonds is 6. The molecular formula is C16H20O4. The summed E-state index contributed by atoms with van der Waals surface area (Å²) in [6.45, 7) is 6.22. The molecule has 0 amide bonds. The molecule has 1 aromatic rings. The average molecular weight is 276 g/mol. The fourth-order valence-electron chi connectivity index (χ4n) is 2.11. The molecule has 1 aliphatic rings. The summed E-state index contributed by atoms with van der Waals surface area (Å²) >= 11 is 0. The molecule has 0 radical (unpaired) electrons. The number of hydrogen-bond donors (Lipinski definition) is 0. The Hall–Kier alpha value is -1.81. The van der Waals surface area contributed by atoms with Gasteiger partial charge in [0.1, 0.15) is 5.75 Å². The zero-order chi connectivity index (χ0) is 14.4. The highest BCUT2D eigenvalue weighted by Crippen LogP contribution is 2.20. The predicted octanol–water partition coefficient (Wildman–Crippen LogP) is 3.08. The van der Waals surface area contributed by atoms with E-state index in [0.717, 1.165) is 19.4 Å². The van der Waals surface area contributed by atoms with Crippen molar-refractivity contribution in [1.29, 1.82) is 0 Å². The topological polar surface area (TPSA) is 44.8 Å². The lowest BCUT2D eigenvalue weighted by Gasteiger charge is -2.17. The molecule has 1 aromatic carbocycles. The second-order valence-electron chi connectivity index (χ2n) is 4.85. The zero-order valence-electron chi connectivity index (χ0n) is 11.7. The minimum atomic E-state index is -0.647. The Morgan fingerprint density at radius 2 is 2.20 bits per heavy atom. The third-order valence-electron chi connectivity index (χ3n) is 3.10. The van der Waals surface area contributed by atoms with Crippen LogP contribution < -0.4 is 4.74 Å². The summed E-state index contributed by atoms with van der Waals surface area (Å²) < 4.78 is 16.2. The first-order valence-corrected chi connectivity index (χ1v) is 6.87. The van der Waals surface area contributed by atoms with E-state index in [-0.39, 0.29) is 6.10 Å². The van der Waals surface area contributed by atoms with Crippen LogP contribution in [0.1, 0.15) is 26.2 Å². The molecule has 0 saturated carbocycles. The third kappa shape index (κ3) is 4.38. The molecule has 0 bridgehead atoms. The quantitative estimate of drug-likeness (QED) is 0.455. The Morgan fingerprint density at radius 3 is 2.85 bits per heavy atom. The lowest BCUT2D eigenvalue weighted by atomic mass is 10.1. The summed E-state index contributed by atoms with van der Waals surface area (Å²) in [6, 6.07) is 9.24. The van der Waals surface area contributed by atoms with Crippen molar-refractivity contribution in [2.45, 2.75) is 38.6 Å². The van der Waals surface area contributed by atoms with Crippen LogP contribution in [-0.2, 0) is 14.3 Å². The van der Waals surface area contributed by atoms with Gasteiger partial charge in [0.15, 0.2) is 0 Å². The normalized spacial score (nSPS) is 19.4. The van der Waals surface area contributed by atoms with Gasteiger partial charge in [-0.15, -0.1) is 0 Å². The van der Waals surface area contributed by atoms with E-state index >= 15 is 0 Å². The SMILES string of the molecule is C=C(CC1CCCO1)C(=O)OC(C)Oc1ccccc1. The highest BCUT2D eigenvalue weighted by Gasteiger charge is 2.21. The van der Waals surface area contributed by atoms with Gasteiger partial charge in [-0.05, 0) is 25.0 Å². The van der Waals surface area contributed by atoms with Gasteiger partial charge in [0.25, 0.3) is 0 Å². The van der Waals surface area contributed by atoms with E-state index in [1.165, 1.54) is 0 Å². The first kappa shape index (κ1) is 14.6. The number of hydrogen-bond acceptors (Lipinski definition) is 4. The molecule has 0 N–H and O–H groups in total. The molecule has 0 spiro atoms. The second-order valence-corrected chi connectivity index (χ2v) is 4.85.